The molecule has 8 nitrogen and oxygen atoms in total. The van der Waals surface area contributed by atoms with Crippen molar-refractivity contribution in [3.63, 3.8) is 0 Å². The van der Waals surface area contributed by atoms with Gasteiger partial charge in [0.15, 0.2) is 0 Å². The van der Waals surface area contributed by atoms with E-state index in [1.807, 2.05) is 6.26 Å². The van der Waals surface area contributed by atoms with Crippen LogP contribution in [-0.2, 0) is 14.4 Å². The number of rotatable bonds is 9. The average molecular weight is 368 g/mol. The molecule has 0 aliphatic rings. The number of carbonyl (C=O) groups excluding carboxylic acids is 2. The van der Waals surface area contributed by atoms with Crippen LogP contribution in [0.2, 0.25) is 0 Å². The molecule has 1 aromatic rings. The number of aliphatic carboxylic acids is 2. The number of hydrogen-bond acceptors (Lipinski definition) is 6. The molecule has 2 atom stereocenters. The van der Waals surface area contributed by atoms with Gasteiger partial charge in [0.1, 0.15) is 6.04 Å². The molecule has 0 aliphatic heterocycles. The molecule has 1 aromatic carbocycles. The lowest BCUT2D eigenvalue weighted by Crippen LogP contribution is -2.55. The number of amides is 2. The fourth-order valence-corrected chi connectivity index (χ4v) is 2.61. The lowest BCUT2D eigenvalue weighted by molar-refractivity contribution is -0.152. The predicted molar refractivity (Wildman–Crippen MR) is 92.3 cm³/mol. The summed E-state index contributed by atoms with van der Waals surface area (Å²) in [6.07, 6.45) is 1.14. The van der Waals surface area contributed by atoms with E-state index in [0.29, 0.717) is 10.7 Å². The second-order valence-electron chi connectivity index (χ2n) is 5.22. The number of nitrogens with two attached hydrogens (primary N) is 1. The van der Waals surface area contributed by atoms with Crippen molar-refractivity contribution in [1.29, 1.82) is 0 Å². The Bertz CT molecular complexity index is 637. The van der Waals surface area contributed by atoms with Gasteiger partial charge in [-0.15, -0.1) is 0 Å². The summed E-state index contributed by atoms with van der Waals surface area (Å²) < 4.78 is 0. The second kappa shape index (κ2) is 9.80. The topological polar surface area (TPSA) is 138 Å². The van der Waals surface area contributed by atoms with Crippen molar-refractivity contribution in [3.05, 3.63) is 35.9 Å². The zero-order valence-corrected chi connectivity index (χ0v) is 14.4. The van der Waals surface area contributed by atoms with Crippen molar-refractivity contribution in [2.75, 3.05) is 12.0 Å². The predicted octanol–water partition coefficient (Wildman–Crippen LogP) is 0.664. The highest BCUT2D eigenvalue weighted by atomic mass is 32.2. The summed E-state index contributed by atoms with van der Waals surface area (Å²) in [6, 6.07) is 4.64. The third-order valence-corrected chi connectivity index (χ3v) is 4.04. The molecule has 0 aromatic heterocycles. The molecule has 136 valence electrons. The zero-order chi connectivity index (χ0) is 19.0. The lowest BCUT2D eigenvalue weighted by atomic mass is 10.1. The molecular formula is C16H20N2O6S. The van der Waals surface area contributed by atoms with Crippen molar-refractivity contribution >= 4 is 35.5 Å². The van der Waals surface area contributed by atoms with Gasteiger partial charge in [-0.05, 0) is 30.6 Å². The third kappa shape index (κ3) is 5.87. The normalized spacial score (nSPS) is 12.9. The highest BCUT2D eigenvalue weighted by molar-refractivity contribution is 7.98. The minimum absolute atomic E-state index is 0.0737. The molecule has 0 unspecified atom stereocenters. The summed E-state index contributed by atoms with van der Waals surface area (Å²) in [6.45, 7) is 0. The number of hydrogen-bond donors (Lipinski definition) is 3. The van der Waals surface area contributed by atoms with Crippen molar-refractivity contribution in [2.24, 2.45) is 5.73 Å². The molecule has 0 bridgehead atoms. The van der Waals surface area contributed by atoms with Gasteiger partial charge in [-0.2, -0.15) is 11.8 Å². The fraction of sp³-hybridized carbons (Fsp3) is 0.375. The van der Waals surface area contributed by atoms with Gasteiger partial charge >= 0.3 is 11.9 Å². The smallest absolute Gasteiger partial charge is 0.327 e. The molecule has 0 aliphatic carbocycles. The molecular weight excluding hydrogens is 348 g/mol. The quantitative estimate of drug-likeness (QED) is 0.578. The molecule has 4 N–H and O–H groups in total. The van der Waals surface area contributed by atoms with E-state index < -0.39 is 42.3 Å². The first kappa shape index (κ1) is 20.7. The van der Waals surface area contributed by atoms with Crippen LogP contribution in [0.5, 0.6) is 0 Å². The Balaban J connectivity index is 3.24. The summed E-state index contributed by atoms with van der Waals surface area (Å²) in [4.78, 5) is 48.2. The first-order chi connectivity index (χ1) is 11.8. The Morgan fingerprint density at radius 1 is 1.16 bits per heavy atom. The van der Waals surface area contributed by atoms with Crippen molar-refractivity contribution in [3.8, 4) is 0 Å². The van der Waals surface area contributed by atoms with E-state index in [0.717, 1.165) is 0 Å². The number of thioether (sulfide) groups is 1. The monoisotopic (exact) mass is 368 g/mol. The number of imide groups is 1. The van der Waals surface area contributed by atoms with Crippen LogP contribution in [0.1, 0.15) is 23.2 Å². The molecule has 1 rings (SSSR count). The van der Waals surface area contributed by atoms with Crippen LogP contribution in [0.4, 0.5) is 0 Å². The van der Waals surface area contributed by atoms with Crippen molar-refractivity contribution in [2.45, 2.75) is 24.9 Å². The number of carboxylic acid groups (broad SMARTS) is 2. The first-order valence-electron chi connectivity index (χ1n) is 7.41. The van der Waals surface area contributed by atoms with Crippen LogP contribution < -0.4 is 5.73 Å². The van der Waals surface area contributed by atoms with Crippen LogP contribution in [0.25, 0.3) is 0 Å². The molecule has 0 saturated heterocycles. The minimum Gasteiger partial charge on any atom is -0.481 e. The van der Waals surface area contributed by atoms with Gasteiger partial charge in [-0.1, -0.05) is 18.2 Å². The van der Waals surface area contributed by atoms with E-state index in [4.69, 9.17) is 10.8 Å². The number of carboxylic acids is 2. The van der Waals surface area contributed by atoms with E-state index >= 15 is 0 Å². The van der Waals surface area contributed by atoms with Crippen LogP contribution in [0.15, 0.2) is 30.3 Å². The highest BCUT2D eigenvalue weighted by Gasteiger charge is 2.38. The van der Waals surface area contributed by atoms with Crippen LogP contribution >= 0.6 is 11.8 Å². The molecule has 2 amide bonds. The van der Waals surface area contributed by atoms with Gasteiger partial charge in [0.25, 0.3) is 5.91 Å². The first-order valence-corrected chi connectivity index (χ1v) is 8.80. The Kier molecular flexibility index (Phi) is 8.09. The molecule has 0 saturated carbocycles. The Hall–Kier alpha value is -2.39. The summed E-state index contributed by atoms with van der Waals surface area (Å²) in [7, 11) is 0. The molecule has 0 radical (unpaired) electrons. The van der Waals surface area contributed by atoms with Gasteiger partial charge < -0.3 is 15.9 Å². The average Bonchev–Trinajstić information content (AvgIpc) is 2.58. The standard InChI is InChI=1S/C16H20N2O6S/c1-25-8-7-11(17)15(22)18(12(16(23)24)9-13(19)20)14(21)10-5-3-2-4-6-10/h2-6,11-12H,7-9,17H2,1H3,(H,19,20)(H,23,24)/t11-,12-/m0/s1. The summed E-state index contributed by atoms with van der Waals surface area (Å²) in [5.41, 5.74) is 5.87. The zero-order valence-electron chi connectivity index (χ0n) is 13.6. The second-order valence-corrected chi connectivity index (χ2v) is 6.20. The van der Waals surface area contributed by atoms with Gasteiger partial charge in [0.2, 0.25) is 5.91 Å². The Morgan fingerprint density at radius 3 is 2.24 bits per heavy atom. The number of nitrogens with zero attached hydrogens (tertiary/aromatic N) is 1. The molecule has 25 heavy (non-hydrogen) atoms. The summed E-state index contributed by atoms with van der Waals surface area (Å²) >= 11 is 1.44. The summed E-state index contributed by atoms with van der Waals surface area (Å²) in [5, 5.41) is 18.3. The molecule has 9 heteroatoms. The Morgan fingerprint density at radius 2 is 1.76 bits per heavy atom. The Labute approximate surface area is 149 Å². The molecule has 0 fully saturated rings. The minimum atomic E-state index is -1.84. The van der Waals surface area contributed by atoms with E-state index in [-0.39, 0.29) is 12.0 Å². The highest BCUT2D eigenvalue weighted by Crippen LogP contribution is 2.15. The maximum atomic E-state index is 12.7. The molecule has 0 spiro atoms. The SMILES string of the molecule is CSCC[C@H](N)C(=O)N(C(=O)c1ccccc1)[C@@H](CC(=O)O)C(=O)O. The maximum absolute atomic E-state index is 12.7. The van der Waals surface area contributed by atoms with Gasteiger partial charge in [0, 0.05) is 5.56 Å². The summed E-state index contributed by atoms with van der Waals surface area (Å²) in [5.74, 6) is -4.28. The van der Waals surface area contributed by atoms with Crippen LogP contribution in [-0.4, -0.2) is 63.0 Å². The molecule has 0 heterocycles. The van der Waals surface area contributed by atoms with Gasteiger partial charge in [-0.3, -0.25) is 19.3 Å². The number of benzene rings is 1. The van der Waals surface area contributed by atoms with E-state index in [1.54, 1.807) is 18.2 Å². The van der Waals surface area contributed by atoms with Gasteiger partial charge in [0.05, 0.1) is 12.5 Å². The number of carbonyl (C=O) groups is 4. The van der Waals surface area contributed by atoms with Gasteiger partial charge in [-0.25, -0.2) is 4.79 Å². The van der Waals surface area contributed by atoms with E-state index in [9.17, 15) is 24.3 Å². The largest absolute Gasteiger partial charge is 0.481 e. The van der Waals surface area contributed by atoms with E-state index in [2.05, 4.69) is 0 Å². The third-order valence-electron chi connectivity index (χ3n) is 3.39. The van der Waals surface area contributed by atoms with Crippen LogP contribution in [0.3, 0.4) is 0 Å². The van der Waals surface area contributed by atoms with Crippen molar-refractivity contribution in [1.82, 2.24) is 4.90 Å². The van der Waals surface area contributed by atoms with Crippen molar-refractivity contribution < 1.29 is 29.4 Å². The maximum Gasteiger partial charge on any atom is 0.327 e. The van der Waals surface area contributed by atoms with E-state index in [1.165, 1.54) is 23.9 Å². The lowest BCUT2D eigenvalue weighted by Gasteiger charge is -2.28. The fourth-order valence-electron chi connectivity index (χ4n) is 2.12. The van der Waals surface area contributed by atoms with Crippen LogP contribution in [0, 0.1) is 0 Å².